The Hall–Kier alpha value is -2.74. The van der Waals surface area contributed by atoms with Gasteiger partial charge in [-0.2, -0.15) is 4.98 Å². The van der Waals surface area contributed by atoms with Crippen LogP contribution >= 0.6 is 0 Å². The van der Waals surface area contributed by atoms with E-state index >= 15 is 0 Å². The number of aliphatic carboxylic acids is 1. The predicted molar refractivity (Wildman–Crippen MR) is 79.7 cm³/mol. The molecule has 0 unspecified atom stereocenters. The van der Waals surface area contributed by atoms with Gasteiger partial charge < -0.3 is 19.7 Å². The van der Waals surface area contributed by atoms with Gasteiger partial charge >= 0.3 is 5.97 Å². The molecule has 1 aromatic heterocycles. The lowest BCUT2D eigenvalue weighted by molar-refractivity contribution is -0.137. The van der Waals surface area contributed by atoms with Gasteiger partial charge in [-0.3, -0.25) is 9.59 Å². The quantitative estimate of drug-likeness (QED) is 0.758. The lowest BCUT2D eigenvalue weighted by Crippen LogP contribution is -2.18. The van der Waals surface area contributed by atoms with Crippen molar-refractivity contribution >= 4 is 17.6 Å². The fourth-order valence-corrected chi connectivity index (χ4v) is 1.83. The highest BCUT2D eigenvalue weighted by Crippen LogP contribution is 2.11. The number of carbonyl (C=O) groups is 2. The monoisotopic (exact) mass is 319 g/mol. The topological polar surface area (TPSA) is 115 Å². The molecule has 2 N–H and O–H groups in total. The molecule has 1 heterocycles. The highest BCUT2D eigenvalue weighted by Gasteiger charge is 2.06. The maximum Gasteiger partial charge on any atom is 0.303 e. The van der Waals surface area contributed by atoms with Crippen molar-refractivity contribution in [1.29, 1.82) is 0 Å². The smallest absolute Gasteiger partial charge is 0.303 e. The largest absolute Gasteiger partial charge is 0.481 e. The van der Waals surface area contributed by atoms with Crippen LogP contribution in [0.4, 0.5) is 5.69 Å². The number of nitrogens with one attached hydrogen (secondary N) is 1. The van der Waals surface area contributed by atoms with Gasteiger partial charge in [0.25, 0.3) is 5.89 Å². The number of hydrogen-bond donors (Lipinski definition) is 2. The van der Waals surface area contributed by atoms with Crippen LogP contribution in [0, 0.1) is 6.92 Å². The molecule has 0 radical (unpaired) electrons. The van der Waals surface area contributed by atoms with Gasteiger partial charge in [-0.05, 0) is 31.0 Å². The van der Waals surface area contributed by atoms with Crippen LogP contribution in [0.3, 0.4) is 0 Å². The summed E-state index contributed by atoms with van der Waals surface area (Å²) in [4.78, 5) is 26.2. The number of aromatic nitrogens is 2. The Morgan fingerprint density at radius 3 is 2.65 bits per heavy atom. The summed E-state index contributed by atoms with van der Waals surface area (Å²) in [5.74, 6) is -0.315. The SMILES string of the molecule is Cc1noc(COCC(=O)Nc2ccc(CCC(=O)O)cc2)n1. The molecule has 0 fully saturated rings. The molecular weight excluding hydrogens is 302 g/mol. The van der Waals surface area contributed by atoms with Gasteiger partial charge in [0.1, 0.15) is 13.2 Å². The molecule has 0 atom stereocenters. The Bertz CT molecular complexity index is 666. The zero-order chi connectivity index (χ0) is 16.7. The van der Waals surface area contributed by atoms with Gasteiger partial charge in [-0.15, -0.1) is 0 Å². The number of aryl methyl sites for hydroxylation is 2. The summed E-state index contributed by atoms with van der Waals surface area (Å²) in [6.45, 7) is 1.63. The molecule has 0 bridgehead atoms. The number of ether oxygens (including phenoxy) is 1. The number of benzene rings is 1. The average Bonchev–Trinajstić information content (AvgIpc) is 2.92. The maximum absolute atomic E-state index is 11.7. The highest BCUT2D eigenvalue weighted by molar-refractivity contribution is 5.91. The summed E-state index contributed by atoms with van der Waals surface area (Å²) in [7, 11) is 0. The molecule has 122 valence electrons. The first-order valence-corrected chi connectivity index (χ1v) is 7.00. The molecule has 0 saturated carbocycles. The highest BCUT2D eigenvalue weighted by atomic mass is 16.5. The van der Waals surface area contributed by atoms with E-state index in [0.717, 1.165) is 5.56 Å². The zero-order valence-corrected chi connectivity index (χ0v) is 12.6. The van der Waals surface area contributed by atoms with Crippen molar-refractivity contribution in [2.45, 2.75) is 26.4 Å². The number of anilines is 1. The van der Waals surface area contributed by atoms with E-state index in [4.69, 9.17) is 14.4 Å². The van der Waals surface area contributed by atoms with Crippen LogP contribution in [0.5, 0.6) is 0 Å². The van der Waals surface area contributed by atoms with Gasteiger partial charge in [-0.1, -0.05) is 17.3 Å². The summed E-state index contributed by atoms with van der Waals surface area (Å²) >= 11 is 0. The summed E-state index contributed by atoms with van der Waals surface area (Å²) in [5, 5.41) is 14.9. The van der Waals surface area contributed by atoms with Crippen LogP contribution < -0.4 is 5.32 Å². The van der Waals surface area contributed by atoms with Crippen LogP contribution in [0.15, 0.2) is 28.8 Å². The fourth-order valence-electron chi connectivity index (χ4n) is 1.83. The number of rotatable bonds is 8. The van der Waals surface area contributed by atoms with E-state index in [1.54, 1.807) is 31.2 Å². The Morgan fingerprint density at radius 1 is 1.30 bits per heavy atom. The number of nitrogens with zero attached hydrogens (tertiary/aromatic N) is 2. The molecule has 0 saturated heterocycles. The van der Waals surface area contributed by atoms with Crippen molar-refractivity contribution < 1.29 is 24.0 Å². The maximum atomic E-state index is 11.7. The Labute approximate surface area is 132 Å². The van der Waals surface area contributed by atoms with E-state index in [1.807, 2.05) is 0 Å². The van der Waals surface area contributed by atoms with E-state index in [9.17, 15) is 9.59 Å². The first-order chi connectivity index (χ1) is 11.0. The molecule has 23 heavy (non-hydrogen) atoms. The zero-order valence-electron chi connectivity index (χ0n) is 12.6. The van der Waals surface area contributed by atoms with Crippen molar-refractivity contribution in [3.8, 4) is 0 Å². The molecule has 8 nitrogen and oxygen atoms in total. The number of hydrogen-bond acceptors (Lipinski definition) is 6. The van der Waals surface area contributed by atoms with E-state index in [1.165, 1.54) is 0 Å². The van der Waals surface area contributed by atoms with E-state index in [2.05, 4.69) is 15.5 Å². The molecule has 1 amide bonds. The second-order valence-electron chi connectivity index (χ2n) is 4.87. The normalized spacial score (nSPS) is 10.5. The number of carbonyl (C=O) groups excluding carboxylic acids is 1. The molecule has 1 aromatic carbocycles. The van der Waals surface area contributed by atoms with Crippen LogP contribution in [-0.2, 0) is 27.4 Å². The molecule has 2 rings (SSSR count). The van der Waals surface area contributed by atoms with Gasteiger partial charge in [0, 0.05) is 12.1 Å². The van der Waals surface area contributed by atoms with Crippen molar-refractivity contribution in [1.82, 2.24) is 10.1 Å². The standard InChI is InChI=1S/C15H17N3O5/c1-10-16-14(23-18-10)9-22-8-13(19)17-12-5-2-11(3-6-12)4-7-15(20)21/h2-3,5-6H,4,7-9H2,1H3,(H,17,19)(H,20,21). The number of carboxylic acid groups (broad SMARTS) is 1. The Kier molecular flexibility index (Phi) is 5.81. The number of carboxylic acids is 1. The second-order valence-corrected chi connectivity index (χ2v) is 4.87. The van der Waals surface area contributed by atoms with Crippen LogP contribution in [0.2, 0.25) is 0 Å². The first-order valence-electron chi connectivity index (χ1n) is 7.00. The Balaban J connectivity index is 1.73. The van der Waals surface area contributed by atoms with Gasteiger partial charge in [-0.25, -0.2) is 0 Å². The summed E-state index contributed by atoms with van der Waals surface area (Å²) < 4.78 is 10.0. The summed E-state index contributed by atoms with van der Waals surface area (Å²) in [6, 6.07) is 6.99. The Morgan fingerprint density at radius 2 is 2.04 bits per heavy atom. The van der Waals surface area contributed by atoms with Gasteiger partial charge in [0.05, 0.1) is 0 Å². The van der Waals surface area contributed by atoms with E-state index in [-0.39, 0.29) is 25.5 Å². The molecule has 0 aliphatic heterocycles. The van der Waals surface area contributed by atoms with Crippen molar-refractivity contribution in [3.63, 3.8) is 0 Å². The molecule has 8 heteroatoms. The minimum atomic E-state index is -0.837. The van der Waals surface area contributed by atoms with Crippen molar-refractivity contribution in [2.24, 2.45) is 0 Å². The minimum absolute atomic E-state index is 0.0718. The predicted octanol–water partition coefficient (Wildman–Crippen LogP) is 1.55. The molecule has 0 aliphatic carbocycles. The molecule has 0 aliphatic rings. The van der Waals surface area contributed by atoms with E-state index in [0.29, 0.717) is 23.8 Å². The third-order valence-corrected chi connectivity index (χ3v) is 2.89. The van der Waals surface area contributed by atoms with Gasteiger partial charge in [0.2, 0.25) is 5.91 Å². The second kappa shape index (κ2) is 8.04. The van der Waals surface area contributed by atoms with Crippen LogP contribution in [0.1, 0.15) is 23.7 Å². The lowest BCUT2D eigenvalue weighted by Gasteiger charge is -2.06. The third-order valence-electron chi connectivity index (χ3n) is 2.89. The summed E-state index contributed by atoms with van der Waals surface area (Å²) in [6.07, 6.45) is 0.533. The van der Waals surface area contributed by atoms with Crippen LogP contribution in [-0.4, -0.2) is 33.7 Å². The molecule has 0 spiro atoms. The average molecular weight is 319 g/mol. The van der Waals surface area contributed by atoms with Crippen LogP contribution in [0.25, 0.3) is 0 Å². The number of amides is 1. The van der Waals surface area contributed by atoms with Crippen molar-refractivity contribution in [2.75, 3.05) is 11.9 Å². The summed E-state index contributed by atoms with van der Waals surface area (Å²) in [5.41, 5.74) is 1.51. The third kappa shape index (κ3) is 5.87. The van der Waals surface area contributed by atoms with Gasteiger partial charge in [0.15, 0.2) is 5.82 Å². The molecule has 2 aromatic rings. The lowest BCUT2D eigenvalue weighted by atomic mass is 10.1. The fraction of sp³-hybridized carbons (Fsp3) is 0.333. The van der Waals surface area contributed by atoms with Crippen molar-refractivity contribution in [3.05, 3.63) is 41.5 Å². The van der Waals surface area contributed by atoms with E-state index < -0.39 is 5.97 Å². The molecular formula is C15H17N3O5. The minimum Gasteiger partial charge on any atom is -0.481 e. The first kappa shape index (κ1) is 16.6.